The highest BCUT2D eigenvalue weighted by molar-refractivity contribution is 5.07. The lowest BCUT2D eigenvalue weighted by atomic mass is 9.93. The molecule has 0 spiro atoms. The van der Waals surface area contributed by atoms with Crippen molar-refractivity contribution in [3.63, 3.8) is 0 Å². The first-order valence-electron chi connectivity index (χ1n) is 36.2. The maximum absolute atomic E-state index is 12.4. The van der Waals surface area contributed by atoms with Crippen LogP contribution in [0.4, 0.5) is 0 Å². The highest BCUT2D eigenvalue weighted by Crippen LogP contribution is 2.36. The second-order valence-corrected chi connectivity index (χ2v) is 27.1. The minimum Gasteiger partial charge on any atom is -0.506 e. The quantitative estimate of drug-likeness (QED) is 0.00884. The van der Waals surface area contributed by atoms with Crippen molar-refractivity contribution in [2.24, 2.45) is 11.0 Å². The molecule has 0 bridgehead atoms. The molecule has 0 radical (unpaired) electrons. The summed E-state index contributed by atoms with van der Waals surface area (Å²) in [7, 11) is 2.65. The Morgan fingerprint density at radius 2 is 0.929 bits per heavy atom. The Morgan fingerprint density at radius 1 is 0.434 bits per heavy atom. The van der Waals surface area contributed by atoms with Gasteiger partial charge >= 0.3 is 0 Å². The lowest BCUT2D eigenvalue weighted by molar-refractivity contribution is -0.384. The molecule has 49 nitrogen and oxygen atoms in total. The molecule has 2 aliphatic heterocycles. The van der Waals surface area contributed by atoms with Gasteiger partial charge in [0.05, 0.1) is 62.5 Å². The summed E-state index contributed by atoms with van der Waals surface area (Å²) in [5.74, 6) is -3.66. The predicted molar refractivity (Wildman–Crippen MR) is 364 cm³/mol. The molecule has 2 heterocycles. The number of rotatable bonds is 59. The molecule has 0 amide bonds. The van der Waals surface area contributed by atoms with E-state index in [9.17, 15) is 163 Å². The van der Waals surface area contributed by atoms with E-state index in [-0.39, 0.29) is 25.7 Å². The van der Waals surface area contributed by atoms with Crippen LogP contribution in [0.15, 0.2) is 16.6 Å². The van der Waals surface area contributed by atoms with Crippen molar-refractivity contribution in [1.82, 2.24) is 0 Å². The van der Waals surface area contributed by atoms with Crippen LogP contribution in [0.1, 0.15) is 70.6 Å². The Kier molecular flexibility index (Phi) is 49.3. The third kappa shape index (κ3) is 31.1. The smallest absolute Gasteiger partial charge is 0.220 e. The van der Waals surface area contributed by atoms with Gasteiger partial charge in [0.25, 0.3) is 0 Å². The molecule has 3 aliphatic rings. The summed E-state index contributed by atoms with van der Waals surface area (Å²) in [6.07, 6.45) is -85.9. The van der Waals surface area contributed by atoms with Crippen molar-refractivity contribution in [1.29, 1.82) is 0 Å². The summed E-state index contributed by atoms with van der Waals surface area (Å²) < 4.78 is 79.5. The summed E-state index contributed by atoms with van der Waals surface area (Å²) >= 11 is 0. The largest absolute Gasteiger partial charge is 0.506 e. The normalized spacial score (nSPS) is 29.7. The lowest BCUT2D eigenvalue weighted by Gasteiger charge is -2.48. The van der Waals surface area contributed by atoms with Gasteiger partial charge < -0.3 is 230 Å². The zero-order valence-corrected chi connectivity index (χ0v) is 62.2. The average Bonchev–Trinajstić information content (AvgIpc) is 0.772. The zero-order chi connectivity index (χ0) is 85.3. The van der Waals surface area contributed by atoms with Gasteiger partial charge in [0, 0.05) is 90.9 Å². The van der Waals surface area contributed by atoms with Crippen LogP contribution in [0.2, 0.25) is 0 Å². The van der Waals surface area contributed by atoms with E-state index in [0.29, 0.717) is 0 Å². The van der Waals surface area contributed by atoms with Crippen molar-refractivity contribution in [2.75, 3.05) is 87.4 Å². The summed E-state index contributed by atoms with van der Waals surface area (Å²) in [6, 6.07) is -0.521. The molecule has 0 aromatic carbocycles. The fourth-order valence-corrected chi connectivity index (χ4v) is 12.1. The van der Waals surface area contributed by atoms with Gasteiger partial charge in [-0.25, -0.2) is 0 Å². The molecule has 35 atom stereocenters. The van der Waals surface area contributed by atoms with E-state index >= 15 is 0 Å². The Balaban J connectivity index is 2.26. The molecule has 3 fully saturated rings. The van der Waals surface area contributed by atoms with Crippen LogP contribution in [0.5, 0.6) is 0 Å². The molecule has 49 heteroatoms. The maximum atomic E-state index is 12.4. The first kappa shape index (κ1) is 104. The third-order valence-corrected chi connectivity index (χ3v) is 18.9. The fourth-order valence-electron chi connectivity index (χ4n) is 12.1. The van der Waals surface area contributed by atoms with Crippen molar-refractivity contribution in [3.05, 3.63) is 22.0 Å². The minimum absolute atomic E-state index is 0.112. The molecule has 1 saturated carbocycles. The summed E-state index contributed by atoms with van der Waals surface area (Å²) in [4.78, 5) is 2.83. The van der Waals surface area contributed by atoms with Gasteiger partial charge in [-0.1, -0.05) is 5.11 Å². The summed E-state index contributed by atoms with van der Waals surface area (Å²) in [5, 5.41) is 349. The van der Waals surface area contributed by atoms with E-state index < -0.39 is 356 Å². The van der Waals surface area contributed by atoms with Gasteiger partial charge in [0.1, 0.15) is 122 Å². The molecule has 1 aliphatic carbocycles. The number of ether oxygens (including phenoxy) is 14. The molecule has 113 heavy (non-hydrogen) atoms. The van der Waals surface area contributed by atoms with E-state index in [1.807, 2.05) is 0 Å². The Bertz CT molecular complexity index is 2580. The SMILES string of the molecule is CO[C@H](OC(C(O)[C@H](O)CCO)[C@H](OC)OCC[C@@H](O)C(O[C@@H](O)C(O[C@@H](O)C(O)C(O)[C@H](O)CCO)C(O)[C@H](O)CCO)C(O)[C@H](OC)OCC1O[C@@H](OC2CCC(N=[N+]=[N-])CC2)C(O)C(O[C@H]2O[C@@H](CO)[C@@H](O)C(O)C2O[C@@H](O)C(O[C@@H](O)C(O)C(O)[C@H](O)CCO)C(O)CC(CO)CO)[C@@H]1O)/C(O)=C(/O)[C@H](O)CCO. The van der Waals surface area contributed by atoms with Crippen LogP contribution in [-0.2, 0) is 66.3 Å². The lowest BCUT2D eigenvalue weighted by Crippen LogP contribution is -2.66. The van der Waals surface area contributed by atoms with Crippen LogP contribution < -0.4 is 0 Å². The van der Waals surface area contributed by atoms with Crippen LogP contribution >= 0.6 is 0 Å². The van der Waals surface area contributed by atoms with Gasteiger partial charge in [-0.2, -0.15) is 0 Å². The standard InChI is InChI=1S/C64H121N3O46/c1-100-60(48(94)50(108-59(99)53(40(86)31(79)11-17-71)110-57(97)46(92)38(84)29(77)9-15-69)33(81)13-19-103-63(102-3)54(41(87)32(80)12-18-72)113-61(101-2)47(93)39(85)30(78)10-16-70)104-24-36-43(89)52(49(95)62(107-36)105-27-6-4-26(5-7-27)66-67-65)112-64-55(44(90)42(88)35(23-75)106-64)111-58(98)51(34(82)20-25(21-73)22-74)109-56(96)45(91)37(83)28(76)8-14-68/h25-38,40-46,48-64,68-99H,4-24H2,1-3H3/b47-39-/t26?,27?,28-,29-,30-,31-,32-,33-,34?,35+,36?,37?,38?,40?,41?,42-,43-,44?,45?,46?,48?,49?,50?,51?,52?,53?,54?,55?,56-,57-,58-,59-,60-,61-,62-,63-,64-/m1/s1. The van der Waals surface area contributed by atoms with Gasteiger partial charge in [0.15, 0.2) is 61.8 Å². The van der Waals surface area contributed by atoms with Gasteiger partial charge in [-0.05, 0) is 69.7 Å². The summed E-state index contributed by atoms with van der Waals surface area (Å²) in [6.45, 7) is -8.71. The summed E-state index contributed by atoms with van der Waals surface area (Å²) in [5.41, 5.74) is 9.13. The van der Waals surface area contributed by atoms with Crippen molar-refractivity contribution >= 4 is 0 Å². The number of hydrogen-bond donors (Lipinski definition) is 32. The van der Waals surface area contributed by atoms with Crippen LogP contribution in [0, 0.1) is 5.92 Å². The van der Waals surface area contributed by atoms with Crippen molar-refractivity contribution in [3.8, 4) is 0 Å². The topological polar surface area (TPSA) is 825 Å². The van der Waals surface area contributed by atoms with Crippen LogP contribution in [-0.4, -0.2) is 478 Å². The monoisotopic (exact) mass is 1670 g/mol. The molecule has 32 N–H and O–H groups in total. The van der Waals surface area contributed by atoms with Crippen molar-refractivity contribution in [2.45, 2.75) is 298 Å². The van der Waals surface area contributed by atoms with Gasteiger partial charge in [0.2, 0.25) is 6.29 Å². The second-order valence-electron chi connectivity index (χ2n) is 27.1. The Hall–Kier alpha value is -3.11. The highest BCUT2D eigenvalue weighted by Gasteiger charge is 2.55. The Labute approximate surface area is 646 Å². The molecule has 0 aromatic heterocycles. The average molecular weight is 1670 g/mol. The number of aliphatic hydroxyl groups is 32. The predicted octanol–water partition coefficient (Wildman–Crippen LogP) is -14.3. The maximum Gasteiger partial charge on any atom is 0.220 e. The van der Waals surface area contributed by atoms with Gasteiger partial charge in [-0.15, -0.1) is 0 Å². The van der Waals surface area contributed by atoms with Crippen molar-refractivity contribution < 1.29 is 230 Å². The third-order valence-electron chi connectivity index (χ3n) is 18.9. The molecular weight excluding hydrogens is 1550 g/mol. The number of azide groups is 1. The first-order chi connectivity index (χ1) is 53.5. The number of aliphatic hydroxyl groups excluding tert-OH is 32. The van der Waals surface area contributed by atoms with Crippen LogP contribution in [0.3, 0.4) is 0 Å². The number of methoxy groups -OCH3 is 3. The van der Waals surface area contributed by atoms with Crippen LogP contribution in [0.25, 0.3) is 10.4 Å². The molecule has 3 rings (SSSR count). The van der Waals surface area contributed by atoms with E-state index in [2.05, 4.69) is 10.0 Å². The molecule has 2 saturated heterocycles. The van der Waals surface area contributed by atoms with E-state index in [4.69, 9.17) is 71.8 Å². The first-order valence-corrected chi connectivity index (χ1v) is 36.2. The number of hydrogen-bond acceptors (Lipinski definition) is 47. The Morgan fingerprint density at radius 3 is 1.42 bits per heavy atom. The van der Waals surface area contributed by atoms with E-state index in [1.54, 1.807) is 0 Å². The molecular formula is C64H121N3O46. The van der Waals surface area contributed by atoms with E-state index in [0.717, 1.165) is 21.3 Å². The zero-order valence-electron chi connectivity index (χ0n) is 62.2. The minimum atomic E-state index is -2.94. The fraction of sp³-hybridized carbons (Fsp3) is 0.969. The van der Waals surface area contributed by atoms with Gasteiger partial charge in [-0.3, -0.25) is 0 Å². The van der Waals surface area contributed by atoms with E-state index in [1.165, 1.54) is 0 Å². The highest BCUT2D eigenvalue weighted by atomic mass is 16.8. The molecule has 0 aromatic rings. The second kappa shape index (κ2) is 53.5. The number of nitrogens with zero attached hydrogens (tertiary/aromatic N) is 3. The molecule has 17 unspecified atom stereocenters. The molecule has 668 valence electrons.